The molecule has 0 spiro atoms. The van der Waals surface area contributed by atoms with Crippen LogP contribution < -0.4 is 0 Å². The fourth-order valence-corrected chi connectivity index (χ4v) is 5.55. The lowest BCUT2D eigenvalue weighted by Crippen LogP contribution is -2.81. The van der Waals surface area contributed by atoms with Crippen LogP contribution in [0.5, 0.6) is 0 Å². The van der Waals surface area contributed by atoms with Crippen LogP contribution in [0.1, 0.15) is 23.6 Å². The van der Waals surface area contributed by atoms with Crippen LogP contribution in [0.4, 0.5) is 0 Å². The Morgan fingerprint density at radius 1 is 0.657 bits per heavy atom. The second-order valence-corrected chi connectivity index (χ2v) is 10.4. The van der Waals surface area contributed by atoms with Gasteiger partial charge >= 0.3 is 0 Å². The third-order valence-electron chi connectivity index (χ3n) is 7.09. The Kier molecular flexibility index (Phi) is 7.54. The second kappa shape index (κ2) is 10.0. The first-order chi connectivity index (χ1) is 16.5. The van der Waals surface area contributed by atoms with E-state index in [0.29, 0.717) is 31.8 Å². The molecule has 8 heteroatoms. The van der Waals surface area contributed by atoms with Crippen molar-refractivity contribution < 1.29 is 25.2 Å². The van der Waals surface area contributed by atoms with Gasteiger partial charge in [-0.3, -0.25) is 0 Å². The Labute approximate surface area is 219 Å². The highest BCUT2D eigenvalue weighted by Crippen LogP contribution is 2.50. The van der Waals surface area contributed by atoms with Crippen molar-refractivity contribution in [1.82, 2.24) is 0 Å². The average molecular weight is 538 g/mol. The van der Waals surface area contributed by atoms with Crippen LogP contribution in [-0.2, 0) is 24.0 Å². The molecule has 1 aliphatic heterocycles. The summed E-state index contributed by atoms with van der Waals surface area (Å²) in [6.45, 7) is 1.53. The van der Waals surface area contributed by atoms with E-state index in [0.717, 1.165) is 0 Å². The van der Waals surface area contributed by atoms with E-state index in [1.54, 1.807) is 72.8 Å². The predicted molar refractivity (Wildman–Crippen MR) is 137 cm³/mol. The lowest BCUT2D eigenvalue weighted by atomic mass is 9.60. The van der Waals surface area contributed by atoms with E-state index in [4.69, 9.17) is 39.5 Å². The van der Waals surface area contributed by atoms with Crippen molar-refractivity contribution in [3.05, 3.63) is 105 Å². The van der Waals surface area contributed by atoms with Gasteiger partial charge in [0.1, 0.15) is 11.2 Å². The highest BCUT2D eigenvalue weighted by atomic mass is 35.5. The van der Waals surface area contributed by atoms with Crippen LogP contribution in [0.15, 0.2) is 72.8 Å². The summed E-state index contributed by atoms with van der Waals surface area (Å²) in [7, 11) is 0. The molecule has 1 saturated heterocycles. The van der Waals surface area contributed by atoms with Crippen LogP contribution in [0.2, 0.25) is 15.1 Å². The van der Waals surface area contributed by atoms with Gasteiger partial charge in [-0.05, 0) is 41.8 Å². The van der Waals surface area contributed by atoms with Crippen LogP contribution in [0.3, 0.4) is 0 Å². The standard InChI is InChI=1S/C27H27Cl3O5/c1-17-25(32,14-18-8-2-5-11-21(18)28)27(34,16-20-10-4-7-13-23(20)30)26(33,24(31)35-17)15-19-9-3-6-12-22(19)29/h2-13,17,24,31-34H,14-16H2,1H3/t17-,24+,25+,26+,27+/m1/s1. The van der Waals surface area contributed by atoms with Gasteiger partial charge < -0.3 is 25.2 Å². The molecule has 4 rings (SSSR count). The molecule has 0 bridgehead atoms. The van der Waals surface area contributed by atoms with E-state index >= 15 is 0 Å². The summed E-state index contributed by atoms with van der Waals surface area (Å²) in [5.41, 5.74) is -5.33. The number of aliphatic hydroxyl groups is 4. The Morgan fingerprint density at radius 2 is 1.03 bits per heavy atom. The maximum atomic E-state index is 12.4. The molecular formula is C27H27Cl3O5. The van der Waals surface area contributed by atoms with Crippen molar-refractivity contribution in [1.29, 1.82) is 0 Å². The second-order valence-electron chi connectivity index (χ2n) is 9.14. The van der Waals surface area contributed by atoms with Crippen molar-refractivity contribution in [3.63, 3.8) is 0 Å². The number of hydrogen-bond acceptors (Lipinski definition) is 5. The van der Waals surface area contributed by atoms with Crippen LogP contribution >= 0.6 is 34.8 Å². The minimum Gasteiger partial charge on any atom is -0.384 e. The molecule has 0 saturated carbocycles. The third-order valence-corrected chi connectivity index (χ3v) is 8.19. The zero-order chi connectivity index (χ0) is 25.4. The van der Waals surface area contributed by atoms with E-state index in [1.807, 2.05) is 0 Å². The van der Waals surface area contributed by atoms with Gasteiger partial charge in [-0.1, -0.05) is 89.4 Å². The van der Waals surface area contributed by atoms with Crippen molar-refractivity contribution in [2.75, 3.05) is 0 Å². The molecule has 1 heterocycles. The smallest absolute Gasteiger partial charge is 0.187 e. The number of rotatable bonds is 6. The fraction of sp³-hybridized carbons (Fsp3) is 0.333. The Bertz CT molecular complexity index is 1140. The van der Waals surface area contributed by atoms with Gasteiger partial charge in [-0.15, -0.1) is 0 Å². The molecule has 0 radical (unpaired) electrons. The van der Waals surface area contributed by atoms with Gasteiger partial charge in [-0.2, -0.15) is 0 Å². The van der Waals surface area contributed by atoms with Crippen LogP contribution in [-0.4, -0.2) is 49.6 Å². The number of halogens is 3. The zero-order valence-electron chi connectivity index (χ0n) is 19.0. The first-order valence-corrected chi connectivity index (χ1v) is 12.4. The molecule has 186 valence electrons. The quantitative estimate of drug-likeness (QED) is 0.369. The molecular weight excluding hydrogens is 511 g/mol. The number of aliphatic hydroxyl groups excluding tert-OH is 1. The van der Waals surface area contributed by atoms with Gasteiger partial charge in [0.05, 0.1) is 6.10 Å². The van der Waals surface area contributed by atoms with Crippen LogP contribution in [0, 0.1) is 0 Å². The Morgan fingerprint density at radius 3 is 1.46 bits per heavy atom. The minimum absolute atomic E-state index is 0.160. The number of hydrogen-bond donors (Lipinski definition) is 4. The Balaban J connectivity index is 1.90. The molecule has 3 aromatic carbocycles. The molecule has 1 fully saturated rings. The van der Waals surface area contributed by atoms with Crippen molar-refractivity contribution >= 4 is 34.8 Å². The zero-order valence-corrected chi connectivity index (χ0v) is 21.3. The maximum absolute atomic E-state index is 12.4. The molecule has 0 unspecified atom stereocenters. The van der Waals surface area contributed by atoms with Crippen molar-refractivity contribution in [3.8, 4) is 0 Å². The van der Waals surface area contributed by atoms with Gasteiger partial charge in [0, 0.05) is 34.3 Å². The summed E-state index contributed by atoms with van der Waals surface area (Å²) in [5.74, 6) is 0. The lowest BCUT2D eigenvalue weighted by Gasteiger charge is -2.60. The molecule has 35 heavy (non-hydrogen) atoms. The number of ether oxygens (including phenoxy) is 1. The summed E-state index contributed by atoms with van der Waals surface area (Å²) >= 11 is 19.2. The first kappa shape index (κ1) is 26.4. The van der Waals surface area contributed by atoms with Crippen molar-refractivity contribution in [2.45, 2.75) is 55.4 Å². The topological polar surface area (TPSA) is 90.2 Å². The minimum atomic E-state index is -2.38. The van der Waals surface area contributed by atoms with Crippen LogP contribution in [0.25, 0.3) is 0 Å². The maximum Gasteiger partial charge on any atom is 0.187 e. The predicted octanol–water partition coefficient (Wildman–Crippen LogP) is 4.61. The summed E-state index contributed by atoms with van der Waals surface area (Å²) in [6.07, 6.45) is -3.67. The molecule has 0 aromatic heterocycles. The monoisotopic (exact) mass is 536 g/mol. The van der Waals surface area contributed by atoms with Gasteiger partial charge in [0.2, 0.25) is 0 Å². The van der Waals surface area contributed by atoms with E-state index in [2.05, 4.69) is 0 Å². The molecule has 3 aromatic rings. The third kappa shape index (κ3) is 4.61. The van der Waals surface area contributed by atoms with E-state index in [9.17, 15) is 20.4 Å². The summed E-state index contributed by atoms with van der Waals surface area (Å²) in [5, 5.41) is 48.8. The molecule has 5 nitrogen and oxygen atoms in total. The largest absolute Gasteiger partial charge is 0.384 e. The number of benzene rings is 3. The first-order valence-electron chi connectivity index (χ1n) is 11.2. The van der Waals surface area contributed by atoms with E-state index < -0.39 is 29.2 Å². The molecule has 0 aliphatic carbocycles. The van der Waals surface area contributed by atoms with Gasteiger partial charge in [0.25, 0.3) is 0 Å². The highest BCUT2D eigenvalue weighted by Gasteiger charge is 2.70. The lowest BCUT2D eigenvalue weighted by molar-refractivity contribution is -0.389. The fourth-order valence-electron chi connectivity index (χ4n) is 4.95. The molecule has 0 amide bonds. The van der Waals surface area contributed by atoms with Crippen molar-refractivity contribution in [2.24, 2.45) is 0 Å². The summed E-state index contributed by atoms with van der Waals surface area (Å²) < 4.78 is 5.68. The highest BCUT2D eigenvalue weighted by molar-refractivity contribution is 6.32. The Hall–Kier alpha value is -1.67. The summed E-state index contributed by atoms with van der Waals surface area (Å²) in [4.78, 5) is 0. The van der Waals surface area contributed by atoms with E-state index in [1.165, 1.54) is 6.92 Å². The SMILES string of the molecule is C[C@H]1O[C@H](O)[C@@](O)(Cc2ccccc2Cl)[C@](O)(Cc2ccccc2Cl)[C@]1(O)Cc1ccccc1Cl. The normalized spacial score (nSPS) is 30.9. The molecule has 1 aliphatic rings. The van der Waals surface area contributed by atoms with E-state index in [-0.39, 0.29) is 19.3 Å². The average Bonchev–Trinajstić information content (AvgIpc) is 2.82. The van der Waals surface area contributed by atoms with Gasteiger partial charge in [-0.25, -0.2) is 0 Å². The molecule has 5 atom stereocenters. The molecule has 4 N–H and O–H groups in total. The summed E-state index contributed by atoms with van der Waals surface area (Å²) in [6, 6.07) is 20.5. The van der Waals surface area contributed by atoms with Gasteiger partial charge in [0.15, 0.2) is 11.9 Å².